The van der Waals surface area contributed by atoms with Crippen LogP contribution in [0.25, 0.3) is 0 Å². The summed E-state index contributed by atoms with van der Waals surface area (Å²) in [7, 11) is 0. The van der Waals surface area contributed by atoms with Gasteiger partial charge in [-0.25, -0.2) is 9.40 Å². The van der Waals surface area contributed by atoms with Crippen molar-refractivity contribution in [1.82, 2.24) is 5.01 Å². The predicted octanol–water partition coefficient (Wildman–Crippen LogP) is 4.66. The Morgan fingerprint density at radius 3 is 2.80 bits per heavy atom. The van der Waals surface area contributed by atoms with Crippen LogP contribution in [0.2, 0.25) is 0 Å². The first-order valence-corrected chi connectivity index (χ1v) is 8.20. The zero-order chi connectivity index (χ0) is 16.8. The Hall–Kier alpha value is -3.08. The second-order valence-electron chi connectivity index (χ2n) is 6.19. The maximum atomic E-state index is 13.7. The number of benzene rings is 2. The molecule has 2 aliphatic heterocycles. The fourth-order valence-corrected chi connectivity index (χ4v) is 3.51. The minimum atomic E-state index is -0.469. The van der Waals surface area contributed by atoms with Gasteiger partial charge in [-0.05, 0) is 30.3 Å². The smallest absolute Gasteiger partial charge is 0.213 e. The SMILES string of the molecule is Fc1cccc([C@@H]2Oc3ccccc3[C@@H]3CC(c4ccco4)=NN32)c1. The van der Waals surface area contributed by atoms with Gasteiger partial charge in [0.25, 0.3) is 0 Å². The third-order valence-corrected chi connectivity index (χ3v) is 4.64. The van der Waals surface area contributed by atoms with Crippen LogP contribution in [0.15, 0.2) is 76.4 Å². The first kappa shape index (κ1) is 14.3. The normalized spacial score (nSPS) is 21.3. The van der Waals surface area contributed by atoms with Gasteiger partial charge in [0.2, 0.25) is 6.23 Å². The van der Waals surface area contributed by atoms with Gasteiger partial charge in [-0.2, -0.15) is 5.10 Å². The molecule has 0 saturated heterocycles. The van der Waals surface area contributed by atoms with Crippen molar-refractivity contribution in [3.05, 3.63) is 89.6 Å². The Bertz CT molecular complexity index is 952. The maximum absolute atomic E-state index is 13.7. The monoisotopic (exact) mass is 334 g/mol. The zero-order valence-electron chi connectivity index (χ0n) is 13.3. The van der Waals surface area contributed by atoms with Crippen molar-refractivity contribution in [3.8, 4) is 5.75 Å². The minimum absolute atomic E-state index is 0.0401. The number of halogens is 1. The van der Waals surface area contributed by atoms with Gasteiger partial charge in [0.15, 0.2) is 0 Å². The van der Waals surface area contributed by atoms with E-state index < -0.39 is 6.23 Å². The second kappa shape index (κ2) is 5.48. The quantitative estimate of drug-likeness (QED) is 0.684. The van der Waals surface area contributed by atoms with Gasteiger partial charge >= 0.3 is 0 Å². The van der Waals surface area contributed by atoms with Crippen LogP contribution in [0.4, 0.5) is 4.39 Å². The second-order valence-corrected chi connectivity index (χ2v) is 6.19. The summed E-state index contributed by atoms with van der Waals surface area (Å²) >= 11 is 0. The third kappa shape index (κ3) is 2.31. The highest BCUT2D eigenvalue weighted by molar-refractivity contribution is 5.99. The number of hydrogen-bond donors (Lipinski definition) is 0. The van der Waals surface area contributed by atoms with Crippen LogP contribution in [-0.2, 0) is 0 Å². The van der Waals surface area contributed by atoms with Crippen LogP contribution in [0, 0.1) is 5.82 Å². The van der Waals surface area contributed by atoms with Gasteiger partial charge in [0.1, 0.15) is 23.0 Å². The van der Waals surface area contributed by atoms with E-state index >= 15 is 0 Å². The van der Waals surface area contributed by atoms with Crippen LogP contribution in [-0.4, -0.2) is 10.7 Å². The number of furan rings is 1. The van der Waals surface area contributed by atoms with Crippen molar-refractivity contribution >= 4 is 5.71 Å². The van der Waals surface area contributed by atoms with Crippen molar-refractivity contribution in [2.45, 2.75) is 18.7 Å². The van der Waals surface area contributed by atoms with Crippen LogP contribution in [0.3, 0.4) is 0 Å². The van der Waals surface area contributed by atoms with Crippen LogP contribution in [0.5, 0.6) is 5.75 Å². The van der Waals surface area contributed by atoms with E-state index in [0.717, 1.165) is 34.8 Å². The highest BCUT2D eigenvalue weighted by Crippen LogP contribution is 2.47. The molecule has 5 rings (SSSR count). The lowest BCUT2D eigenvalue weighted by molar-refractivity contribution is -0.0192. The Morgan fingerprint density at radius 1 is 1.04 bits per heavy atom. The lowest BCUT2D eigenvalue weighted by Crippen LogP contribution is -2.33. The topological polar surface area (TPSA) is 38.0 Å². The Morgan fingerprint density at radius 2 is 1.96 bits per heavy atom. The molecule has 25 heavy (non-hydrogen) atoms. The van der Waals surface area contributed by atoms with E-state index in [0.29, 0.717) is 0 Å². The van der Waals surface area contributed by atoms with Crippen LogP contribution in [0.1, 0.15) is 35.6 Å². The molecule has 0 bridgehead atoms. The predicted molar refractivity (Wildman–Crippen MR) is 90.7 cm³/mol. The van der Waals surface area contributed by atoms with E-state index in [1.54, 1.807) is 12.3 Å². The first-order valence-electron chi connectivity index (χ1n) is 8.20. The molecule has 3 heterocycles. The highest BCUT2D eigenvalue weighted by atomic mass is 19.1. The molecule has 124 valence electrons. The number of ether oxygens (including phenoxy) is 1. The average molecular weight is 334 g/mol. The summed E-state index contributed by atoms with van der Waals surface area (Å²) < 4.78 is 25.4. The number of hydrazone groups is 1. The van der Waals surface area contributed by atoms with E-state index in [-0.39, 0.29) is 11.9 Å². The summed E-state index contributed by atoms with van der Waals surface area (Å²) in [6.45, 7) is 0. The molecule has 0 saturated carbocycles. The van der Waals surface area contributed by atoms with E-state index in [4.69, 9.17) is 14.3 Å². The molecule has 1 aromatic heterocycles. The van der Waals surface area contributed by atoms with Crippen molar-refractivity contribution < 1.29 is 13.5 Å². The Kier molecular flexibility index (Phi) is 3.13. The standard InChI is InChI=1S/C20H15FN2O2/c21-14-6-3-5-13(11-14)20-23-17(15-7-1-2-8-18(15)25-20)12-16(22-23)19-9-4-10-24-19/h1-11,17,20H,12H2/t17-,20-/m0/s1. The molecular weight excluding hydrogens is 319 g/mol. The zero-order valence-corrected chi connectivity index (χ0v) is 13.3. The van der Waals surface area contributed by atoms with E-state index in [1.807, 2.05) is 41.4 Å². The molecule has 2 aromatic carbocycles. The molecule has 0 unspecified atom stereocenters. The van der Waals surface area contributed by atoms with Gasteiger partial charge in [-0.15, -0.1) is 0 Å². The molecule has 0 amide bonds. The first-order chi connectivity index (χ1) is 12.3. The summed E-state index contributed by atoms with van der Waals surface area (Å²) in [5, 5.41) is 6.66. The Balaban J connectivity index is 1.62. The molecule has 3 aromatic rings. The third-order valence-electron chi connectivity index (χ3n) is 4.64. The largest absolute Gasteiger partial charge is 0.464 e. The lowest BCUT2D eigenvalue weighted by atomic mass is 9.97. The number of para-hydroxylation sites is 1. The summed E-state index contributed by atoms with van der Waals surface area (Å²) in [6.07, 6.45) is 1.90. The molecule has 0 fully saturated rings. The van der Waals surface area contributed by atoms with Gasteiger partial charge in [-0.1, -0.05) is 30.3 Å². The van der Waals surface area contributed by atoms with Gasteiger partial charge in [0, 0.05) is 17.5 Å². The molecule has 0 radical (unpaired) electrons. The Labute approximate surface area is 144 Å². The van der Waals surface area contributed by atoms with Crippen molar-refractivity contribution in [2.75, 3.05) is 0 Å². The lowest BCUT2D eigenvalue weighted by Gasteiger charge is -2.38. The number of rotatable bonds is 2. The molecule has 0 spiro atoms. The van der Waals surface area contributed by atoms with Crippen molar-refractivity contribution in [1.29, 1.82) is 0 Å². The minimum Gasteiger partial charge on any atom is -0.464 e. The van der Waals surface area contributed by atoms with E-state index in [1.165, 1.54) is 12.1 Å². The number of fused-ring (bicyclic) bond motifs is 3. The number of hydrogen-bond acceptors (Lipinski definition) is 4. The maximum Gasteiger partial charge on any atom is 0.213 e. The van der Waals surface area contributed by atoms with Crippen molar-refractivity contribution in [3.63, 3.8) is 0 Å². The van der Waals surface area contributed by atoms with Crippen LogP contribution < -0.4 is 4.74 Å². The summed E-state index contributed by atoms with van der Waals surface area (Å²) in [5.74, 6) is 1.28. The van der Waals surface area contributed by atoms with Crippen molar-refractivity contribution in [2.24, 2.45) is 5.10 Å². The molecule has 4 nitrogen and oxygen atoms in total. The highest BCUT2D eigenvalue weighted by Gasteiger charge is 2.41. The van der Waals surface area contributed by atoms with E-state index in [2.05, 4.69) is 6.07 Å². The molecule has 2 atom stereocenters. The number of nitrogens with zero attached hydrogens (tertiary/aromatic N) is 2. The van der Waals surface area contributed by atoms with Gasteiger partial charge < -0.3 is 9.15 Å². The molecule has 0 aliphatic carbocycles. The van der Waals surface area contributed by atoms with Gasteiger partial charge in [-0.3, -0.25) is 0 Å². The summed E-state index contributed by atoms with van der Waals surface area (Å²) in [4.78, 5) is 0. The fourth-order valence-electron chi connectivity index (χ4n) is 3.51. The summed E-state index contributed by atoms with van der Waals surface area (Å²) in [6, 6.07) is 18.2. The molecular formula is C20H15FN2O2. The average Bonchev–Trinajstić information content (AvgIpc) is 3.30. The van der Waals surface area contributed by atoms with E-state index in [9.17, 15) is 4.39 Å². The van der Waals surface area contributed by atoms with Gasteiger partial charge in [0.05, 0.1) is 12.3 Å². The summed E-state index contributed by atoms with van der Waals surface area (Å²) in [5.41, 5.74) is 2.70. The molecule has 0 N–H and O–H groups in total. The fraction of sp³-hybridized carbons (Fsp3) is 0.150. The molecule has 2 aliphatic rings. The van der Waals surface area contributed by atoms with Crippen LogP contribution >= 0.6 is 0 Å². The molecule has 5 heteroatoms.